The number of allylic oxidation sites excluding steroid dienone is 1. The van der Waals surface area contributed by atoms with Gasteiger partial charge in [-0.15, -0.1) is 0 Å². The van der Waals surface area contributed by atoms with E-state index in [0.717, 1.165) is 6.54 Å². The summed E-state index contributed by atoms with van der Waals surface area (Å²) in [6.07, 6.45) is 10.3. The van der Waals surface area contributed by atoms with E-state index in [0.29, 0.717) is 5.41 Å². The molecule has 1 aliphatic carbocycles. The minimum Gasteiger partial charge on any atom is -0.271 e. The fourth-order valence-electron chi connectivity index (χ4n) is 2.91. The maximum atomic E-state index is 5.51. The summed E-state index contributed by atoms with van der Waals surface area (Å²) in [4.78, 5) is 0. The molecule has 0 aromatic heterocycles. The molecule has 0 saturated heterocycles. The van der Waals surface area contributed by atoms with Crippen LogP contribution < -0.4 is 11.3 Å². The highest BCUT2D eigenvalue weighted by atomic mass is 15.2. The number of hydrazine groups is 1. The lowest BCUT2D eigenvalue weighted by Crippen LogP contribution is -2.39. The van der Waals surface area contributed by atoms with Crippen LogP contribution in [0.1, 0.15) is 58.3 Å². The van der Waals surface area contributed by atoms with Crippen molar-refractivity contribution in [1.82, 2.24) is 5.43 Å². The van der Waals surface area contributed by atoms with Crippen LogP contribution in [0.15, 0.2) is 12.2 Å². The molecule has 1 rings (SSSR count). The molecule has 15 heavy (non-hydrogen) atoms. The molecular formula is C13H26N2. The molecule has 1 fully saturated rings. The second kappa shape index (κ2) is 6.29. The molecule has 0 bridgehead atoms. The van der Waals surface area contributed by atoms with E-state index in [1.54, 1.807) is 0 Å². The first-order chi connectivity index (χ1) is 7.22. The van der Waals surface area contributed by atoms with Crippen molar-refractivity contribution in [3.05, 3.63) is 12.2 Å². The van der Waals surface area contributed by atoms with Crippen molar-refractivity contribution in [1.29, 1.82) is 0 Å². The van der Waals surface area contributed by atoms with E-state index in [2.05, 4.69) is 18.9 Å². The van der Waals surface area contributed by atoms with E-state index in [4.69, 9.17) is 5.84 Å². The van der Waals surface area contributed by atoms with Crippen LogP contribution in [0.3, 0.4) is 0 Å². The van der Waals surface area contributed by atoms with E-state index >= 15 is 0 Å². The minimum absolute atomic E-state index is 0.416. The Morgan fingerprint density at radius 3 is 2.53 bits per heavy atom. The number of nitrogens with one attached hydrogen (secondary N) is 1. The molecule has 2 heteroatoms. The summed E-state index contributed by atoms with van der Waals surface area (Å²) in [5.41, 5.74) is 4.71. The zero-order valence-electron chi connectivity index (χ0n) is 10.1. The monoisotopic (exact) mass is 210 g/mol. The molecule has 2 nitrogen and oxygen atoms in total. The second-order valence-corrected chi connectivity index (χ2v) is 5.12. The molecule has 1 aliphatic rings. The third-order valence-corrected chi connectivity index (χ3v) is 3.62. The van der Waals surface area contributed by atoms with Crippen LogP contribution in [0.2, 0.25) is 0 Å². The van der Waals surface area contributed by atoms with Gasteiger partial charge in [-0.1, -0.05) is 44.8 Å². The summed E-state index contributed by atoms with van der Waals surface area (Å²) >= 11 is 0. The van der Waals surface area contributed by atoms with E-state index < -0.39 is 0 Å². The quantitative estimate of drug-likeness (QED) is 0.401. The molecule has 0 atom stereocenters. The summed E-state index contributed by atoms with van der Waals surface area (Å²) in [5.74, 6) is 5.51. The molecule has 88 valence electrons. The van der Waals surface area contributed by atoms with Crippen LogP contribution in [-0.2, 0) is 0 Å². The first-order valence-electron chi connectivity index (χ1n) is 6.32. The SMILES string of the molecule is C=C(CCC)CC1(CNN)CCCCC1. The normalized spacial score (nSPS) is 20.1. The van der Waals surface area contributed by atoms with Gasteiger partial charge < -0.3 is 0 Å². The van der Waals surface area contributed by atoms with Gasteiger partial charge in [-0.3, -0.25) is 11.3 Å². The van der Waals surface area contributed by atoms with Crippen LogP contribution in [-0.4, -0.2) is 6.54 Å². The standard InChI is InChI=1S/C13H26N2/c1-3-7-12(2)10-13(11-15-14)8-5-4-6-9-13/h15H,2-11,14H2,1H3. The van der Waals surface area contributed by atoms with Crippen molar-refractivity contribution in [2.75, 3.05) is 6.54 Å². The van der Waals surface area contributed by atoms with Gasteiger partial charge in [0.25, 0.3) is 0 Å². The van der Waals surface area contributed by atoms with Gasteiger partial charge in [-0.2, -0.15) is 0 Å². The van der Waals surface area contributed by atoms with Crippen LogP contribution >= 0.6 is 0 Å². The number of hydrogen-bond donors (Lipinski definition) is 2. The van der Waals surface area contributed by atoms with Crippen molar-refractivity contribution < 1.29 is 0 Å². The topological polar surface area (TPSA) is 38.0 Å². The highest BCUT2D eigenvalue weighted by Gasteiger charge is 2.31. The number of hydrogen-bond acceptors (Lipinski definition) is 2. The predicted octanol–water partition coefficient (Wildman–Crippen LogP) is 3.15. The minimum atomic E-state index is 0.416. The Balaban J connectivity index is 2.51. The van der Waals surface area contributed by atoms with Gasteiger partial charge in [0.15, 0.2) is 0 Å². The lowest BCUT2D eigenvalue weighted by atomic mass is 9.70. The van der Waals surface area contributed by atoms with Crippen LogP contribution in [0.25, 0.3) is 0 Å². The van der Waals surface area contributed by atoms with E-state index in [1.165, 1.54) is 56.9 Å². The fourth-order valence-corrected chi connectivity index (χ4v) is 2.91. The van der Waals surface area contributed by atoms with E-state index in [9.17, 15) is 0 Å². The second-order valence-electron chi connectivity index (χ2n) is 5.12. The van der Waals surface area contributed by atoms with Crippen LogP contribution in [0.4, 0.5) is 0 Å². The van der Waals surface area contributed by atoms with Crippen molar-refractivity contribution in [3.63, 3.8) is 0 Å². The van der Waals surface area contributed by atoms with Crippen molar-refractivity contribution >= 4 is 0 Å². The molecule has 0 heterocycles. The van der Waals surface area contributed by atoms with Crippen LogP contribution in [0, 0.1) is 5.41 Å². The van der Waals surface area contributed by atoms with E-state index in [1.807, 2.05) is 0 Å². The molecule has 0 aliphatic heterocycles. The summed E-state index contributed by atoms with van der Waals surface area (Å²) < 4.78 is 0. The molecular weight excluding hydrogens is 184 g/mol. The first kappa shape index (κ1) is 12.7. The van der Waals surface area contributed by atoms with Gasteiger partial charge in [0.1, 0.15) is 0 Å². The third kappa shape index (κ3) is 3.96. The number of rotatable bonds is 6. The van der Waals surface area contributed by atoms with Crippen molar-refractivity contribution in [2.24, 2.45) is 11.3 Å². The highest BCUT2D eigenvalue weighted by molar-refractivity contribution is 5.02. The van der Waals surface area contributed by atoms with Gasteiger partial charge >= 0.3 is 0 Å². The molecule has 0 unspecified atom stereocenters. The van der Waals surface area contributed by atoms with E-state index in [-0.39, 0.29) is 0 Å². The predicted molar refractivity (Wildman–Crippen MR) is 66.4 cm³/mol. The zero-order chi connectivity index (χ0) is 11.1. The average molecular weight is 210 g/mol. The summed E-state index contributed by atoms with van der Waals surface area (Å²) in [7, 11) is 0. The van der Waals surface area contributed by atoms with Gasteiger partial charge in [0.2, 0.25) is 0 Å². The summed E-state index contributed by atoms with van der Waals surface area (Å²) in [5, 5.41) is 0. The molecule has 1 saturated carbocycles. The molecule has 0 spiro atoms. The zero-order valence-corrected chi connectivity index (χ0v) is 10.1. The third-order valence-electron chi connectivity index (χ3n) is 3.62. The first-order valence-corrected chi connectivity index (χ1v) is 6.32. The maximum Gasteiger partial charge on any atom is 0.0157 e. The molecule has 0 aromatic rings. The Kier molecular flexibility index (Phi) is 5.34. The largest absolute Gasteiger partial charge is 0.271 e. The molecule has 3 N–H and O–H groups in total. The highest BCUT2D eigenvalue weighted by Crippen LogP contribution is 2.41. The Morgan fingerprint density at radius 2 is 2.00 bits per heavy atom. The van der Waals surface area contributed by atoms with Gasteiger partial charge in [-0.25, -0.2) is 0 Å². The Hall–Kier alpha value is -0.340. The van der Waals surface area contributed by atoms with Crippen LogP contribution in [0.5, 0.6) is 0 Å². The average Bonchev–Trinajstić information content (AvgIpc) is 2.19. The lowest BCUT2D eigenvalue weighted by Gasteiger charge is -2.38. The number of nitrogens with two attached hydrogens (primary N) is 1. The summed E-state index contributed by atoms with van der Waals surface area (Å²) in [6, 6.07) is 0. The fraction of sp³-hybridized carbons (Fsp3) is 0.846. The summed E-state index contributed by atoms with van der Waals surface area (Å²) in [6.45, 7) is 7.37. The molecule has 0 aromatic carbocycles. The molecule has 0 radical (unpaired) electrons. The van der Waals surface area contributed by atoms with Crippen molar-refractivity contribution in [2.45, 2.75) is 58.3 Å². The smallest absolute Gasteiger partial charge is 0.0157 e. The lowest BCUT2D eigenvalue weighted by molar-refractivity contribution is 0.180. The Bertz CT molecular complexity index is 187. The van der Waals surface area contributed by atoms with Gasteiger partial charge in [0, 0.05) is 6.54 Å². The molecule has 0 amide bonds. The Morgan fingerprint density at radius 1 is 1.33 bits per heavy atom. The maximum absolute atomic E-state index is 5.51. The van der Waals surface area contributed by atoms with Gasteiger partial charge in [0.05, 0.1) is 0 Å². The van der Waals surface area contributed by atoms with Crippen molar-refractivity contribution in [3.8, 4) is 0 Å². The Labute approximate surface area is 94.3 Å². The van der Waals surface area contributed by atoms with Gasteiger partial charge in [-0.05, 0) is 31.1 Å².